The standard InChI is InChI=1S/C19H39N.C2H6/c1-8-9-11-16(2)12-10-13-17-14-18(3,4)20(7)19(5,6)15-17;1-2/h16-17H,8-15H2,1-7H3;1-2H3. The summed E-state index contributed by atoms with van der Waals surface area (Å²) in [6, 6.07) is 0. The zero-order valence-corrected chi connectivity index (χ0v) is 17.3. The third kappa shape index (κ3) is 7.02. The molecule has 0 aromatic carbocycles. The summed E-state index contributed by atoms with van der Waals surface area (Å²) in [7, 11) is 2.31. The van der Waals surface area contributed by atoms with Crippen molar-refractivity contribution in [2.75, 3.05) is 7.05 Å². The van der Waals surface area contributed by atoms with Gasteiger partial charge in [0.1, 0.15) is 0 Å². The Kier molecular flexibility index (Phi) is 9.94. The molecular formula is C21H45N. The molecule has 1 rings (SSSR count). The number of piperidine rings is 1. The van der Waals surface area contributed by atoms with Gasteiger partial charge in [-0.3, -0.25) is 4.90 Å². The van der Waals surface area contributed by atoms with Crippen LogP contribution in [0.1, 0.15) is 107 Å². The average Bonchev–Trinajstić information content (AvgIpc) is 2.44. The monoisotopic (exact) mass is 311 g/mol. The maximum absolute atomic E-state index is 2.60. The first-order chi connectivity index (χ1) is 10.2. The Balaban J connectivity index is 0.00000211. The molecule has 0 aromatic heterocycles. The van der Waals surface area contributed by atoms with Crippen LogP contribution in [0.4, 0.5) is 0 Å². The second-order valence-electron chi connectivity index (χ2n) is 8.64. The number of likely N-dealkylation sites (tertiary alicyclic amines) is 1. The summed E-state index contributed by atoms with van der Waals surface area (Å²) in [5.41, 5.74) is 0.723. The van der Waals surface area contributed by atoms with Gasteiger partial charge < -0.3 is 0 Å². The Bertz CT molecular complexity index is 262. The summed E-state index contributed by atoms with van der Waals surface area (Å²) in [5, 5.41) is 0. The van der Waals surface area contributed by atoms with Crippen molar-refractivity contribution in [3.8, 4) is 0 Å². The zero-order chi connectivity index (χ0) is 17.4. The van der Waals surface area contributed by atoms with Crippen molar-refractivity contribution >= 4 is 0 Å². The molecule has 0 bridgehead atoms. The Morgan fingerprint density at radius 3 is 1.86 bits per heavy atom. The highest BCUT2D eigenvalue weighted by atomic mass is 15.2. The van der Waals surface area contributed by atoms with Crippen LogP contribution in [0, 0.1) is 11.8 Å². The molecule has 1 unspecified atom stereocenters. The fourth-order valence-electron chi connectivity index (χ4n) is 4.23. The van der Waals surface area contributed by atoms with E-state index in [4.69, 9.17) is 0 Å². The van der Waals surface area contributed by atoms with Crippen LogP contribution in [0.2, 0.25) is 0 Å². The van der Waals surface area contributed by atoms with E-state index >= 15 is 0 Å². The van der Waals surface area contributed by atoms with Gasteiger partial charge in [-0.05, 0) is 59.4 Å². The second kappa shape index (κ2) is 9.96. The first-order valence-corrected chi connectivity index (χ1v) is 9.93. The molecule has 0 radical (unpaired) electrons. The summed E-state index contributed by atoms with van der Waals surface area (Å²) in [4.78, 5) is 2.60. The molecule has 1 atom stereocenters. The molecule has 0 N–H and O–H groups in total. The quantitative estimate of drug-likeness (QED) is 0.494. The lowest BCUT2D eigenvalue weighted by molar-refractivity contribution is -0.0322. The van der Waals surface area contributed by atoms with E-state index in [0.29, 0.717) is 11.1 Å². The van der Waals surface area contributed by atoms with E-state index in [1.54, 1.807) is 0 Å². The van der Waals surface area contributed by atoms with Crippen LogP contribution in [-0.2, 0) is 0 Å². The van der Waals surface area contributed by atoms with E-state index in [1.165, 1.54) is 51.4 Å². The van der Waals surface area contributed by atoms with Crippen LogP contribution >= 0.6 is 0 Å². The van der Waals surface area contributed by atoms with Crippen LogP contribution < -0.4 is 0 Å². The van der Waals surface area contributed by atoms with Gasteiger partial charge in [-0.15, -0.1) is 0 Å². The summed E-state index contributed by atoms with van der Waals surface area (Å²) < 4.78 is 0. The third-order valence-electron chi connectivity index (χ3n) is 5.75. The lowest BCUT2D eigenvalue weighted by Crippen LogP contribution is -2.58. The van der Waals surface area contributed by atoms with Crippen molar-refractivity contribution in [3.05, 3.63) is 0 Å². The molecule has 1 heterocycles. The van der Waals surface area contributed by atoms with Gasteiger partial charge in [0.05, 0.1) is 0 Å². The Hall–Kier alpha value is -0.0400. The lowest BCUT2D eigenvalue weighted by atomic mass is 9.72. The van der Waals surface area contributed by atoms with Crippen LogP contribution in [0.25, 0.3) is 0 Å². The Labute approximate surface area is 142 Å². The first-order valence-electron chi connectivity index (χ1n) is 9.93. The van der Waals surface area contributed by atoms with E-state index in [-0.39, 0.29) is 0 Å². The molecular weight excluding hydrogens is 266 g/mol. The van der Waals surface area contributed by atoms with Crippen molar-refractivity contribution in [1.82, 2.24) is 4.90 Å². The maximum atomic E-state index is 2.60. The minimum absolute atomic E-state index is 0.361. The van der Waals surface area contributed by atoms with E-state index in [1.807, 2.05) is 13.8 Å². The summed E-state index contributed by atoms with van der Waals surface area (Å²) in [5.74, 6) is 1.86. The van der Waals surface area contributed by atoms with E-state index in [0.717, 1.165) is 11.8 Å². The van der Waals surface area contributed by atoms with Crippen molar-refractivity contribution in [2.24, 2.45) is 11.8 Å². The third-order valence-corrected chi connectivity index (χ3v) is 5.75. The van der Waals surface area contributed by atoms with E-state index in [2.05, 4.69) is 53.5 Å². The summed E-state index contributed by atoms with van der Waals surface area (Å²) in [6.07, 6.45) is 11.3. The SMILES string of the molecule is CC.CCCCC(C)CCCC1CC(C)(C)N(C)C(C)(C)C1. The van der Waals surface area contributed by atoms with Gasteiger partial charge in [0, 0.05) is 11.1 Å². The summed E-state index contributed by atoms with van der Waals surface area (Å²) >= 11 is 0. The minimum Gasteiger partial charge on any atom is -0.296 e. The topological polar surface area (TPSA) is 3.24 Å². The molecule has 0 saturated carbocycles. The van der Waals surface area contributed by atoms with Crippen molar-refractivity contribution < 1.29 is 0 Å². The van der Waals surface area contributed by atoms with Crippen LogP contribution in [0.3, 0.4) is 0 Å². The molecule has 1 fully saturated rings. The predicted molar refractivity (Wildman–Crippen MR) is 103 cm³/mol. The highest BCUT2D eigenvalue weighted by molar-refractivity contribution is 4.98. The van der Waals surface area contributed by atoms with Crippen molar-refractivity contribution in [2.45, 2.75) is 118 Å². The van der Waals surface area contributed by atoms with Gasteiger partial charge in [0.2, 0.25) is 0 Å². The van der Waals surface area contributed by atoms with Crippen LogP contribution in [-0.4, -0.2) is 23.0 Å². The molecule has 0 aliphatic carbocycles. The first kappa shape index (κ1) is 22.0. The van der Waals surface area contributed by atoms with E-state index in [9.17, 15) is 0 Å². The molecule has 1 aliphatic heterocycles. The van der Waals surface area contributed by atoms with Crippen LogP contribution in [0.15, 0.2) is 0 Å². The molecule has 0 spiro atoms. The Morgan fingerprint density at radius 1 is 0.955 bits per heavy atom. The fraction of sp³-hybridized carbons (Fsp3) is 1.00. The van der Waals surface area contributed by atoms with Gasteiger partial charge in [-0.1, -0.05) is 66.2 Å². The average molecular weight is 312 g/mol. The molecule has 1 saturated heterocycles. The number of hydrogen-bond acceptors (Lipinski definition) is 1. The molecule has 0 aromatic rings. The van der Waals surface area contributed by atoms with Gasteiger partial charge in [0.15, 0.2) is 0 Å². The number of unbranched alkanes of at least 4 members (excludes halogenated alkanes) is 1. The highest BCUT2D eigenvalue weighted by Crippen LogP contribution is 2.42. The highest BCUT2D eigenvalue weighted by Gasteiger charge is 2.42. The maximum Gasteiger partial charge on any atom is 0.0158 e. The molecule has 1 aliphatic rings. The number of nitrogens with zero attached hydrogens (tertiary/aromatic N) is 1. The van der Waals surface area contributed by atoms with Gasteiger partial charge >= 0.3 is 0 Å². The van der Waals surface area contributed by atoms with Gasteiger partial charge in [-0.25, -0.2) is 0 Å². The normalized spacial score (nSPS) is 22.8. The molecule has 0 amide bonds. The van der Waals surface area contributed by atoms with Gasteiger partial charge in [-0.2, -0.15) is 0 Å². The largest absolute Gasteiger partial charge is 0.296 e. The van der Waals surface area contributed by atoms with Crippen molar-refractivity contribution in [1.29, 1.82) is 0 Å². The fourth-order valence-corrected chi connectivity index (χ4v) is 4.23. The number of rotatable bonds is 7. The number of hydrogen-bond donors (Lipinski definition) is 0. The van der Waals surface area contributed by atoms with Crippen molar-refractivity contribution in [3.63, 3.8) is 0 Å². The summed E-state index contributed by atoms with van der Waals surface area (Å²) in [6.45, 7) is 18.4. The molecule has 1 nitrogen and oxygen atoms in total. The lowest BCUT2D eigenvalue weighted by Gasteiger charge is -2.54. The van der Waals surface area contributed by atoms with E-state index < -0.39 is 0 Å². The molecule has 1 heteroatoms. The minimum atomic E-state index is 0.361. The zero-order valence-electron chi connectivity index (χ0n) is 17.3. The predicted octanol–water partition coefficient (Wildman–Crippen LogP) is 6.91. The van der Waals surface area contributed by atoms with Gasteiger partial charge in [0.25, 0.3) is 0 Å². The molecule has 134 valence electrons. The smallest absolute Gasteiger partial charge is 0.0158 e. The molecule has 22 heavy (non-hydrogen) atoms. The Morgan fingerprint density at radius 2 is 1.41 bits per heavy atom. The second-order valence-corrected chi connectivity index (χ2v) is 8.64. The van der Waals surface area contributed by atoms with Crippen LogP contribution in [0.5, 0.6) is 0 Å².